The monoisotopic (exact) mass is 238 g/mol. The van der Waals surface area contributed by atoms with Gasteiger partial charge in [-0.1, -0.05) is 0 Å². The van der Waals surface area contributed by atoms with Gasteiger partial charge in [0.2, 0.25) is 0 Å². The molecule has 0 bridgehead atoms. The van der Waals surface area contributed by atoms with Gasteiger partial charge in [-0.15, -0.1) is 5.10 Å². The van der Waals surface area contributed by atoms with E-state index in [1.165, 1.54) is 0 Å². The fourth-order valence-electron chi connectivity index (χ4n) is 1.00. The lowest BCUT2D eigenvalue weighted by atomic mass is 10.5. The number of halogens is 1. The highest BCUT2D eigenvalue weighted by Crippen LogP contribution is 2.17. The first-order chi connectivity index (χ1) is 6.27. The van der Waals surface area contributed by atoms with E-state index in [2.05, 4.69) is 26.0 Å². The molecule has 0 amide bonds. The van der Waals surface area contributed by atoms with Gasteiger partial charge in [0, 0.05) is 18.5 Å². The Morgan fingerprint density at radius 2 is 2.23 bits per heavy atom. The number of aromatic nitrogens is 3. The van der Waals surface area contributed by atoms with Crippen LogP contribution in [-0.2, 0) is 0 Å². The predicted molar refractivity (Wildman–Crippen MR) is 53.5 cm³/mol. The fraction of sp³-hybridized carbons (Fsp3) is 0. The molecule has 0 aliphatic heterocycles. The Hall–Kier alpha value is -1.36. The topological polar surface area (TPSA) is 56.7 Å². The average molecular weight is 239 g/mol. The number of anilines is 1. The molecular formula is C8H7BrN4. The quantitative estimate of drug-likeness (QED) is 0.822. The number of hydrogen-bond acceptors (Lipinski definition) is 3. The minimum atomic E-state index is 0.484. The molecule has 5 heteroatoms. The molecule has 0 aliphatic carbocycles. The highest BCUT2D eigenvalue weighted by atomic mass is 79.9. The van der Waals surface area contributed by atoms with Crippen molar-refractivity contribution in [1.29, 1.82) is 0 Å². The van der Waals surface area contributed by atoms with Gasteiger partial charge in [-0.25, -0.2) is 9.67 Å². The van der Waals surface area contributed by atoms with Crippen molar-refractivity contribution >= 4 is 21.7 Å². The molecule has 0 saturated heterocycles. The van der Waals surface area contributed by atoms with E-state index in [0.717, 1.165) is 10.3 Å². The standard InChI is InChI=1S/C8H7BrN4/c9-6-2-1-4-11-8(6)13-5-3-7(10)12-13/h1-5H,(H2,10,12). The fourth-order valence-corrected chi connectivity index (χ4v) is 1.44. The lowest BCUT2D eigenvalue weighted by molar-refractivity contribution is 0.846. The highest BCUT2D eigenvalue weighted by molar-refractivity contribution is 9.10. The van der Waals surface area contributed by atoms with E-state index in [9.17, 15) is 0 Å². The molecule has 13 heavy (non-hydrogen) atoms. The van der Waals surface area contributed by atoms with Crippen molar-refractivity contribution in [2.45, 2.75) is 0 Å². The summed E-state index contributed by atoms with van der Waals surface area (Å²) >= 11 is 3.38. The van der Waals surface area contributed by atoms with Gasteiger partial charge < -0.3 is 5.73 Å². The summed E-state index contributed by atoms with van der Waals surface area (Å²) in [4.78, 5) is 4.16. The van der Waals surface area contributed by atoms with Crippen LogP contribution >= 0.6 is 15.9 Å². The summed E-state index contributed by atoms with van der Waals surface area (Å²) < 4.78 is 2.51. The number of pyridine rings is 1. The Bertz CT molecular complexity index is 424. The summed E-state index contributed by atoms with van der Waals surface area (Å²) in [5.41, 5.74) is 5.49. The Kier molecular flexibility index (Phi) is 2.02. The van der Waals surface area contributed by atoms with Gasteiger partial charge in [0.1, 0.15) is 5.82 Å². The summed E-state index contributed by atoms with van der Waals surface area (Å²) in [6.45, 7) is 0. The summed E-state index contributed by atoms with van der Waals surface area (Å²) in [6, 6.07) is 5.47. The summed E-state index contributed by atoms with van der Waals surface area (Å²) in [6.07, 6.45) is 3.47. The third-order valence-corrected chi connectivity index (χ3v) is 2.18. The van der Waals surface area contributed by atoms with Crippen molar-refractivity contribution in [3.05, 3.63) is 35.1 Å². The van der Waals surface area contributed by atoms with E-state index in [1.807, 2.05) is 12.1 Å². The van der Waals surface area contributed by atoms with Gasteiger partial charge in [-0.3, -0.25) is 0 Å². The number of rotatable bonds is 1. The van der Waals surface area contributed by atoms with Crippen molar-refractivity contribution in [2.24, 2.45) is 0 Å². The molecule has 2 N–H and O–H groups in total. The zero-order valence-corrected chi connectivity index (χ0v) is 8.27. The number of nitrogens with two attached hydrogens (primary N) is 1. The van der Waals surface area contributed by atoms with E-state index >= 15 is 0 Å². The van der Waals surface area contributed by atoms with Crippen LogP contribution in [0.3, 0.4) is 0 Å². The molecule has 0 aromatic carbocycles. The van der Waals surface area contributed by atoms with Gasteiger partial charge >= 0.3 is 0 Å². The molecule has 2 aromatic heterocycles. The molecule has 2 aromatic rings. The van der Waals surface area contributed by atoms with Gasteiger partial charge in [0.15, 0.2) is 5.82 Å². The molecule has 0 unspecified atom stereocenters. The SMILES string of the molecule is Nc1ccn(-c2ncccc2Br)n1. The molecule has 0 saturated carbocycles. The average Bonchev–Trinajstić information content (AvgIpc) is 2.53. The van der Waals surface area contributed by atoms with Crippen molar-refractivity contribution in [3.8, 4) is 5.82 Å². The van der Waals surface area contributed by atoms with Crippen molar-refractivity contribution < 1.29 is 0 Å². The molecule has 0 aliphatic rings. The predicted octanol–water partition coefficient (Wildman–Crippen LogP) is 1.61. The van der Waals surface area contributed by atoms with E-state index in [0.29, 0.717) is 5.82 Å². The van der Waals surface area contributed by atoms with Crippen LogP contribution in [0.5, 0.6) is 0 Å². The van der Waals surface area contributed by atoms with Crippen LogP contribution in [0, 0.1) is 0 Å². The second-order valence-electron chi connectivity index (χ2n) is 2.49. The molecular weight excluding hydrogens is 232 g/mol. The first-order valence-electron chi connectivity index (χ1n) is 3.69. The Labute approximate surface area is 83.5 Å². The van der Waals surface area contributed by atoms with E-state index in [-0.39, 0.29) is 0 Å². The third kappa shape index (κ3) is 1.55. The Balaban J connectivity index is 2.52. The maximum Gasteiger partial charge on any atom is 0.167 e. The summed E-state index contributed by atoms with van der Waals surface area (Å²) in [7, 11) is 0. The zero-order valence-electron chi connectivity index (χ0n) is 6.68. The zero-order chi connectivity index (χ0) is 9.26. The van der Waals surface area contributed by atoms with E-state index < -0.39 is 0 Å². The highest BCUT2D eigenvalue weighted by Gasteiger charge is 2.03. The van der Waals surface area contributed by atoms with Crippen molar-refractivity contribution in [2.75, 3.05) is 5.73 Å². The van der Waals surface area contributed by atoms with Crippen LogP contribution in [-0.4, -0.2) is 14.8 Å². The van der Waals surface area contributed by atoms with Gasteiger partial charge in [-0.2, -0.15) is 0 Å². The molecule has 0 fully saturated rings. The summed E-state index contributed by atoms with van der Waals surface area (Å²) in [5, 5.41) is 4.04. The minimum absolute atomic E-state index is 0.484. The van der Waals surface area contributed by atoms with Gasteiger partial charge in [0.05, 0.1) is 4.47 Å². The maximum atomic E-state index is 5.49. The van der Waals surface area contributed by atoms with Crippen LogP contribution in [0.25, 0.3) is 5.82 Å². The van der Waals surface area contributed by atoms with Gasteiger partial charge in [-0.05, 0) is 28.1 Å². The summed E-state index contributed by atoms with van der Waals surface area (Å²) in [5.74, 6) is 1.22. The lowest BCUT2D eigenvalue weighted by Crippen LogP contribution is -1.99. The second-order valence-corrected chi connectivity index (χ2v) is 3.35. The first kappa shape index (κ1) is 8.25. The molecule has 66 valence electrons. The minimum Gasteiger partial charge on any atom is -0.382 e. The normalized spacial score (nSPS) is 10.2. The number of nitrogens with zero attached hydrogens (tertiary/aromatic N) is 3. The largest absolute Gasteiger partial charge is 0.382 e. The molecule has 2 rings (SSSR count). The molecule has 0 spiro atoms. The van der Waals surface area contributed by atoms with E-state index in [4.69, 9.17) is 5.73 Å². The molecule has 0 atom stereocenters. The molecule has 2 heterocycles. The Morgan fingerprint density at radius 3 is 2.85 bits per heavy atom. The van der Waals surface area contributed by atoms with Crippen LogP contribution < -0.4 is 5.73 Å². The molecule has 0 radical (unpaired) electrons. The smallest absolute Gasteiger partial charge is 0.167 e. The second kappa shape index (κ2) is 3.18. The van der Waals surface area contributed by atoms with Gasteiger partial charge in [0.25, 0.3) is 0 Å². The van der Waals surface area contributed by atoms with Crippen LogP contribution in [0.4, 0.5) is 5.82 Å². The third-order valence-electron chi connectivity index (χ3n) is 1.57. The van der Waals surface area contributed by atoms with Crippen molar-refractivity contribution in [1.82, 2.24) is 14.8 Å². The van der Waals surface area contributed by atoms with Crippen LogP contribution in [0.15, 0.2) is 35.1 Å². The van der Waals surface area contributed by atoms with Crippen molar-refractivity contribution in [3.63, 3.8) is 0 Å². The first-order valence-corrected chi connectivity index (χ1v) is 4.49. The maximum absolute atomic E-state index is 5.49. The number of hydrogen-bond donors (Lipinski definition) is 1. The van der Waals surface area contributed by atoms with Crippen LogP contribution in [0.1, 0.15) is 0 Å². The van der Waals surface area contributed by atoms with E-state index in [1.54, 1.807) is 23.1 Å². The molecule has 4 nitrogen and oxygen atoms in total. The van der Waals surface area contributed by atoms with Crippen LogP contribution in [0.2, 0.25) is 0 Å². The Morgan fingerprint density at radius 1 is 1.38 bits per heavy atom. The lowest BCUT2D eigenvalue weighted by Gasteiger charge is -2.01. The number of nitrogen functional groups attached to an aromatic ring is 1.